The summed E-state index contributed by atoms with van der Waals surface area (Å²) in [4.78, 5) is 55.7. The number of likely N-dealkylation sites (N-methyl/N-ethyl adjacent to an activating group) is 2. The Labute approximate surface area is 231 Å². The van der Waals surface area contributed by atoms with Crippen LogP contribution in [0.15, 0.2) is 5.38 Å². The van der Waals surface area contributed by atoms with Gasteiger partial charge in [-0.15, -0.1) is 11.3 Å². The second-order valence-electron chi connectivity index (χ2n) is 9.84. The summed E-state index contributed by atoms with van der Waals surface area (Å²) in [6.07, 6.45) is 0.103. The zero-order valence-electron chi connectivity index (χ0n) is 22.5. The normalized spacial score (nSPS) is 15.2. The number of carboxylic acids is 1. The molecule has 0 saturated heterocycles. The summed E-state index contributed by atoms with van der Waals surface area (Å²) < 4.78 is 7.27. The van der Waals surface area contributed by atoms with Crippen LogP contribution in [0.3, 0.4) is 0 Å². The first kappa shape index (κ1) is 32.2. The number of carboxylic acid groups (broad SMARTS) is 1. The molecule has 36 heavy (non-hydrogen) atoms. The van der Waals surface area contributed by atoms with Gasteiger partial charge in [0.2, 0.25) is 11.8 Å². The van der Waals surface area contributed by atoms with Gasteiger partial charge in [0.25, 0.3) is 0 Å². The Hall–Kier alpha value is -1.80. The van der Waals surface area contributed by atoms with Crippen molar-refractivity contribution in [1.29, 1.82) is 0 Å². The highest BCUT2D eigenvalue weighted by molar-refractivity contribution is 14.1. The molecule has 0 spiro atoms. The maximum Gasteiger partial charge on any atom is 0.355 e. The minimum Gasteiger partial charge on any atom is -0.476 e. The number of aromatic nitrogens is 1. The largest absolute Gasteiger partial charge is 0.476 e. The van der Waals surface area contributed by atoms with Crippen molar-refractivity contribution >= 4 is 58.0 Å². The van der Waals surface area contributed by atoms with Crippen LogP contribution in [0.5, 0.6) is 0 Å². The number of halogens is 1. The quantitative estimate of drug-likeness (QED) is 0.189. The Morgan fingerprint density at radius 2 is 1.81 bits per heavy atom. The van der Waals surface area contributed by atoms with Crippen molar-refractivity contribution in [3.8, 4) is 0 Å². The molecule has 0 saturated carbocycles. The fourth-order valence-electron chi connectivity index (χ4n) is 3.55. The molecule has 0 aromatic carbocycles. The number of esters is 1. The summed E-state index contributed by atoms with van der Waals surface area (Å²) in [5.41, 5.74) is -0.949. The minimum atomic E-state index is -1.17. The van der Waals surface area contributed by atoms with Crippen molar-refractivity contribution in [1.82, 2.24) is 18.3 Å². The maximum atomic E-state index is 13.8. The van der Waals surface area contributed by atoms with E-state index in [1.54, 1.807) is 36.0 Å². The van der Waals surface area contributed by atoms with Gasteiger partial charge in [-0.05, 0) is 32.7 Å². The fourth-order valence-corrected chi connectivity index (χ4v) is 4.61. The Morgan fingerprint density at radius 3 is 2.22 bits per heavy atom. The van der Waals surface area contributed by atoms with E-state index < -0.39 is 29.6 Å². The topological polar surface area (TPSA) is 129 Å². The lowest BCUT2D eigenvalue weighted by atomic mass is 9.92. The highest BCUT2D eigenvalue weighted by Gasteiger charge is 2.39. The van der Waals surface area contributed by atoms with Crippen molar-refractivity contribution in [3.63, 3.8) is 0 Å². The molecular weight excluding hydrogens is 599 g/mol. The summed E-state index contributed by atoms with van der Waals surface area (Å²) >= 11 is 3.15. The molecule has 0 fully saturated rings. The zero-order valence-corrected chi connectivity index (χ0v) is 25.5. The Bertz CT molecular complexity index is 935. The van der Waals surface area contributed by atoms with Gasteiger partial charge in [0.1, 0.15) is 16.6 Å². The Morgan fingerprint density at radius 1 is 1.22 bits per heavy atom. The number of ether oxygens (including phenoxy) is 1. The molecule has 1 rings (SSSR count). The second kappa shape index (κ2) is 13.7. The van der Waals surface area contributed by atoms with Gasteiger partial charge in [-0.3, -0.25) is 14.4 Å². The van der Waals surface area contributed by atoms with Gasteiger partial charge in [-0.1, -0.05) is 34.1 Å². The van der Waals surface area contributed by atoms with E-state index in [-0.39, 0.29) is 41.8 Å². The zero-order chi connectivity index (χ0) is 28.0. The van der Waals surface area contributed by atoms with E-state index in [2.05, 4.69) is 33.2 Å². The molecule has 10 nitrogen and oxygen atoms in total. The van der Waals surface area contributed by atoms with Crippen LogP contribution < -0.4 is 5.32 Å². The molecule has 0 aliphatic carbocycles. The van der Waals surface area contributed by atoms with Gasteiger partial charge in [0, 0.05) is 54.7 Å². The number of amides is 2. The van der Waals surface area contributed by atoms with Crippen molar-refractivity contribution in [2.24, 2.45) is 11.8 Å². The predicted octanol–water partition coefficient (Wildman–Crippen LogP) is 3.91. The minimum absolute atomic E-state index is 0.0267. The van der Waals surface area contributed by atoms with Crippen molar-refractivity contribution in [2.75, 3.05) is 14.1 Å². The average Bonchev–Trinajstić information content (AvgIpc) is 3.28. The molecule has 1 aromatic rings. The number of hydrogen-bond donors (Lipinski definition) is 2. The van der Waals surface area contributed by atoms with E-state index in [9.17, 15) is 24.3 Å². The maximum absolute atomic E-state index is 13.8. The summed E-state index contributed by atoms with van der Waals surface area (Å²) in [7, 11) is 3.48. The molecule has 2 amide bonds. The van der Waals surface area contributed by atoms with Crippen LogP contribution >= 0.6 is 34.2 Å². The van der Waals surface area contributed by atoms with Crippen molar-refractivity contribution in [2.45, 2.75) is 85.0 Å². The SMILES string of the molecule is CC[C@H](C)[C@H](NC(=O)C(C)(C)N(C)I)C(=O)N(C)[C@H](C[C@@H](OC(C)=O)c1nc(C(=O)O)cs1)C(C)C. The van der Waals surface area contributed by atoms with Crippen molar-refractivity contribution in [3.05, 3.63) is 16.1 Å². The first-order valence-electron chi connectivity index (χ1n) is 11.9. The van der Waals surface area contributed by atoms with Crippen LogP contribution in [0, 0.1) is 11.8 Å². The number of carbonyl (C=O) groups is 4. The third-order valence-electron chi connectivity index (χ3n) is 6.49. The molecule has 4 atom stereocenters. The van der Waals surface area contributed by atoms with Crippen LogP contribution in [0.25, 0.3) is 0 Å². The third kappa shape index (κ3) is 8.37. The van der Waals surface area contributed by atoms with Crippen LogP contribution in [0.1, 0.15) is 82.9 Å². The molecular formula is C24H39IN4O6S. The summed E-state index contributed by atoms with van der Waals surface area (Å²) in [5, 5.41) is 13.9. The lowest BCUT2D eigenvalue weighted by Crippen LogP contribution is -2.59. The van der Waals surface area contributed by atoms with E-state index in [1.807, 2.05) is 27.7 Å². The first-order valence-corrected chi connectivity index (χ1v) is 13.7. The molecule has 0 aliphatic heterocycles. The molecule has 1 heterocycles. The van der Waals surface area contributed by atoms with Gasteiger partial charge in [0.15, 0.2) is 11.8 Å². The van der Waals surface area contributed by atoms with Gasteiger partial charge in [0.05, 0.1) is 0 Å². The monoisotopic (exact) mass is 638 g/mol. The first-order chi connectivity index (χ1) is 16.5. The molecule has 0 bridgehead atoms. The van der Waals surface area contributed by atoms with E-state index in [0.29, 0.717) is 11.4 Å². The number of aromatic carboxylic acids is 1. The summed E-state index contributed by atoms with van der Waals surface area (Å²) in [6.45, 7) is 12.6. The van der Waals surface area contributed by atoms with E-state index in [4.69, 9.17) is 4.74 Å². The van der Waals surface area contributed by atoms with Crippen LogP contribution in [0.4, 0.5) is 0 Å². The fraction of sp³-hybridized carbons (Fsp3) is 0.708. The molecule has 12 heteroatoms. The van der Waals surface area contributed by atoms with Crippen LogP contribution in [-0.4, -0.2) is 73.6 Å². The second-order valence-corrected chi connectivity index (χ2v) is 12.2. The number of thiazole rings is 1. The number of hydrogen-bond acceptors (Lipinski definition) is 8. The molecule has 204 valence electrons. The Balaban J connectivity index is 3.27. The highest BCUT2D eigenvalue weighted by Crippen LogP contribution is 2.31. The number of nitrogens with zero attached hydrogens (tertiary/aromatic N) is 3. The van der Waals surface area contributed by atoms with Gasteiger partial charge in [-0.2, -0.15) is 0 Å². The number of rotatable bonds is 13. The van der Waals surface area contributed by atoms with E-state index in [1.165, 1.54) is 12.3 Å². The molecule has 0 unspecified atom stereocenters. The lowest BCUT2D eigenvalue weighted by molar-refractivity contribution is -0.149. The van der Waals surface area contributed by atoms with Crippen molar-refractivity contribution < 1.29 is 29.0 Å². The smallest absolute Gasteiger partial charge is 0.355 e. The van der Waals surface area contributed by atoms with Crippen LogP contribution in [-0.2, 0) is 19.1 Å². The molecule has 1 aromatic heterocycles. The molecule has 0 radical (unpaired) electrons. The van der Waals surface area contributed by atoms with E-state index >= 15 is 0 Å². The third-order valence-corrected chi connectivity index (χ3v) is 8.63. The van der Waals surface area contributed by atoms with Crippen LogP contribution in [0.2, 0.25) is 0 Å². The average molecular weight is 639 g/mol. The highest BCUT2D eigenvalue weighted by atomic mass is 127. The van der Waals surface area contributed by atoms with E-state index in [0.717, 1.165) is 11.3 Å². The number of nitrogens with one attached hydrogen (secondary N) is 1. The molecule has 0 aliphatic rings. The molecule has 2 N–H and O–H groups in total. The van der Waals surface area contributed by atoms with Gasteiger partial charge >= 0.3 is 11.9 Å². The van der Waals surface area contributed by atoms with Gasteiger partial charge < -0.3 is 20.1 Å². The summed E-state index contributed by atoms with van der Waals surface area (Å²) in [6, 6.07) is -1.11. The lowest BCUT2D eigenvalue weighted by Gasteiger charge is -2.38. The predicted molar refractivity (Wildman–Crippen MR) is 147 cm³/mol. The number of carbonyl (C=O) groups excluding carboxylic acids is 3. The summed E-state index contributed by atoms with van der Waals surface area (Å²) in [5.74, 6) is -2.34. The Kier molecular flexibility index (Phi) is 12.2. The van der Waals surface area contributed by atoms with Gasteiger partial charge in [-0.25, -0.2) is 12.9 Å². The standard InChI is InChI=1S/C24H39IN4O6S/c1-10-14(4)19(27-23(34)24(6,7)29(9)25)21(31)28(8)17(13(2)3)11-18(35-15(5)30)20-26-16(12-36-20)22(32)33/h12-14,17-19H,10-11H2,1-9H3,(H,27,34)(H,32,33)/t14-,17+,18+,19-/m0/s1.